The Morgan fingerprint density at radius 2 is 1.74 bits per heavy atom. The first-order valence-electron chi connectivity index (χ1n) is 8.11. The smallest absolute Gasteiger partial charge is 0.302 e. The van der Waals surface area contributed by atoms with Crippen molar-refractivity contribution in [1.29, 1.82) is 0 Å². The number of ether oxygens (including phenoxy) is 1. The fraction of sp³-hybridized carbons (Fsp3) is 0.938. The van der Waals surface area contributed by atoms with E-state index in [9.17, 15) is 4.79 Å². The number of rotatable bonds is 2. The van der Waals surface area contributed by atoms with Gasteiger partial charge in [0.25, 0.3) is 0 Å². The van der Waals surface area contributed by atoms with Gasteiger partial charge in [-0.1, -0.05) is 0 Å². The van der Waals surface area contributed by atoms with Gasteiger partial charge in [0.1, 0.15) is 6.10 Å². The summed E-state index contributed by atoms with van der Waals surface area (Å²) in [5.74, 6) is 1.20. The van der Waals surface area contributed by atoms with Crippen molar-refractivity contribution in [2.45, 2.75) is 64.0 Å². The number of hydrogen-bond acceptors (Lipinski definition) is 2. The zero-order valence-electron chi connectivity index (χ0n) is 12.4. The van der Waals surface area contributed by atoms with Gasteiger partial charge in [0.2, 0.25) is 0 Å². The van der Waals surface area contributed by atoms with Gasteiger partial charge in [-0.3, -0.25) is 4.79 Å². The number of fused-ring (bicyclic) bond motifs is 2. The first-order chi connectivity index (χ1) is 9.10. The summed E-state index contributed by atoms with van der Waals surface area (Å²) < 4.78 is 6.94. The molecule has 2 aliphatic carbocycles. The molecule has 0 amide bonds. The third-order valence-electron chi connectivity index (χ3n) is 6.03. The van der Waals surface area contributed by atoms with E-state index in [0.29, 0.717) is 11.8 Å². The maximum absolute atomic E-state index is 11.4. The number of carbonyl (C=O) groups is 1. The molecular weight excluding hydrogens is 238 g/mol. The van der Waals surface area contributed by atoms with Crippen molar-refractivity contribution in [3.8, 4) is 0 Å². The lowest BCUT2D eigenvalue weighted by Crippen LogP contribution is -2.60. The van der Waals surface area contributed by atoms with E-state index in [-0.39, 0.29) is 12.1 Å². The average Bonchev–Trinajstić information content (AvgIpc) is 2.62. The summed E-state index contributed by atoms with van der Waals surface area (Å²) in [5, 5.41) is 0. The van der Waals surface area contributed by atoms with Crippen molar-refractivity contribution < 1.29 is 14.0 Å². The fourth-order valence-corrected chi connectivity index (χ4v) is 5.12. The molecular formula is C16H28NO2+. The van der Waals surface area contributed by atoms with Gasteiger partial charge in [-0.25, -0.2) is 0 Å². The molecule has 0 aromatic rings. The Balaban J connectivity index is 1.77. The molecule has 1 heterocycles. The third-order valence-corrected chi connectivity index (χ3v) is 6.03. The van der Waals surface area contributed by atoms with Gasteiger partial charge in [0.15, 0.2) is 0 Å². The van der Waals surface area contributed by atoms with Crippen LogP contribution in [0.5, 0.6) is 0 Å². The molecule has 1 aliphatic heterocycles. The lowest BCUT2D eigenvalue weighted by molar-refractivity contribution is -0.942. The van der Waals surface area contributed by atoms with Crippen LogP contribution < -0.4 is 0 Å². The highest BCUT2D eigenvalue weighted by Gasteiger charge is 2.52. The van der Waals surface area contributed by atoms with Crippen LogP contribution in [0, 0.1) is 11.8 Å². The molecule has 0 unspecified atom stereocenters. The summed E-state index contributed by atoms with van der Waals surface area (Å²) in [6.07, 6.45) is 9.56. The highest BCUT2D eigenvalue weighted by molar-refractivity contribution is 5.66. The molecule has 3 aliphatic rings. The second-order valence-electron chi connectivity index (χ2n) is 7.21. The summed E-state index contributed by atoms with van der Waals surface area (Å²) in [4.78, 5) is 11.4. The zero-order valence-corrected chi connectivity index (χ0v) is 12.4. The summed E-state index contributed by atoms with van der Waals surface area (Å²) in [6.45, 7) is 4.23. The molecule has 108 valence electrons. The van der Waals surface area contributed by atoms with Gasteiger partial charge in [-0.15, -0.1) is 0 Å². The van der Waals surface area contributed by atoms with Gasteiger partial charge >= 0.3 is 5.97 Å². The van der Waals surface area contributed by atoms with E-state index >= 15 is 0 Å². The molecule has 19 heavy (non-hydrogen) atoms. The predicted molar refractivity (Wildman–Crippen MR) is 74.6 cm³/mol. The molecule has 2 bridgehead atoms. The normalized spacial score (nSPS) is 40.9. The molecule has 0 radical (unpaired) electrons. The number of piperidine rings is 1. The lowest BCUT2D eigenvalue weighted by Gasteiger charge is -2.49. The molecule has 3 nitrogen and oxygen atoms in total. The Bertz CT molecular complexity index is 349. The van der Waals surface area contributed by atoms with Crippen molar-refractivity contribution in [3.63, 3.8) is 0 Å². The van der Waals surface area contributed by atoms with Crippen LogP contribution >= 0.6 is 0 Å². The van der Waals surface area contributed by atoms with Crippen LogP contribution in [0.15, 0.2) is 0 Å². The van der Waals surface area contributed by atoms with Gasteiger partial charge in [0.05, 0.1) is 26.2 Å². The number of esters is 1. The largest absolute Gasteiger partial charge is 0.462 e. The van der Waals surface area contributed by atoms with Gasteiger partial charge in [-0.2, -0.15) is 0 Å². The molecule has 0 spiro atoms. The summed E-state index contributed by atoms with van der Waals surface area (Å²) >= 11 is 0. The number of nitrogens with zero attached hydrogens (tertiary/aromatic N) is 1. The van der Waals surface area contributed by atoms with Crippen LogP contribution in [0.2, 0.25) is 0 Å². The molecule has 3 rings (SSSR count). The van der Waals surface area contributed by atoms with Crippen LogP contribution in [0.3, 0.4) is 0 Å². The van der Waals surface area contributed by atoms with E-state index in [2.05, 4.69) is 7.05 Å². The summed E-state index contributed by atoms with van der Waals surface area (Å²) in [5.41, 5.74) is 0. The van der Waals surface area contributed by atoms with Gasteiger partial charge < -0.3 is 9.22 Å². The molecule has 4 atom stereocenters. The highest BCUT2D eigenvalue weighted by atomic mass is 16.5. The first kappa shape index (κ1) is 13.4. The number of carbonyl (C=O) groups excluding carboxylic acids is 1. The first-order valence-corrected chi connectivity index (χ1v) is 8.11. The highest BCUT2D eigenvalue weighted by Crippen LogP contribution is 2.47. The van der Waals surface area contributed by atoms with E-state index in [1.165, 1.54) is 62.5 Å². The molecule has 2 saturated carbocycles. The summed E-state index contributed by atoms with van der Waals surface area (Å²) in [7, 11) is 2.45. The third kappa shape index (κ3) is 2.42. The van der Waals surface area contributed by atoms with Gasteiger partial charge in [-0.05, 0) is 44.4 Å². The SMILES string of the molecule is CC(=O)O[C@@H]1[C@H]2CC[C@H]1[C@@H]([N+]1(C)CCCCC1)CC2. The Morgan fingerprint density at radius 3 is 2.42 bits per heavy atom. The Labute approximate surface area is 116 Å². The van der Waals surface area contributed by atoms with Crippen molar-refractivity contribution in [2.75, 3.05) is 20.1 Å². The molecule has 0 N–H and O–H groups in total. The minimum atomic E-state index is -0.0798. The van der Waals surface area contributed by atoms with Crippen molar-refractivity contribution in [3.05, 3.63) is 0 Å². The van der Waals surface area contributed by atoms with Crippen LogP contribution in [-0.2, 0) is 9.53 Å². The standard InChI is InChI=1S/C16H28NO2/c1-12(18)19-16-13-6-8-14(16)15(9-7-13)17(2)10-4-3-5-11-17/h13-16H,3-11H2,1-2H3/q+1/t13-,14-,15-,16+/m0/s1. The number of hydrogen-bond donors (Lipinski definition) is 0. The second kappa shape index (κ2) is 5.08. The molecule has 0 aromatic heterocycles. The Kier molecular flexibility index (Phi) is 3.59. The van der Waals surface area contributed by atoms with Crippen LogP contribution in [-0.4, -0.2) is 42.7 Å². The molecule has 3 heteroatoms. The molecule has 3 fully saturated rings. The Morgan fingerprint density at radius 1 is 1.05 bits per heavy atom. The van der Waals surface area contributed by atoms with Crippen molar-refractivity contribution >= 4 is 5.97 Å². The Hall–Kier alpha value is -0.570. The second-order valence-corrected chi connectivity index (χ2v) is 7.21. The fourth-order valence-electron chi connectivity index (χ4n) is 5.12. The predicted octanol–water partition coefficient (Wildman–Crippen LogP) is 2.74. The maximum Gasteiger partial charge on any atom is 0.302 e. The van der Waals surface area contributed by atoms with Crippen molar-refractivity contribution in [1.82, 2.24) is 0 Å². The van der Waals surface area contributed by atoms with Crippen LogP contribution in [0.4, 0.5) is 0 Å². The molecule has 1 saturated heterocycles. The molecule has 0 aromatic carbocycles. The van der Waals surface area contributed by atoms with E-state index in [1.807, 2.05) is 0 Å². The monoisotopic (exact) mass is 266 g/mol. The minimum absolute atomic E-state index is 0.0798. The quantitative estimate of drug-likeness (QED) is 0.567. The van der Waals surface area contributed by atoms with E-state index in [4.69, 9.17) is 4.74 Å². The topological polar surface area (TPSA) is 26.3 Å². The van der Waals surface area contributed by atoms with E-state index in [1.54, 1.807) is 6.92 Å². The number of quaternary nitrogens is 1. The summed E-state index contributed by atoms with van der Waals surface area (Å²) in [6, 6.07) is 0.739. The van der Waals surface area contributed by atoms with E-state index in [0.717, 1.165) is 6.04 Å². The van der Waals surface area contributed by atoms with E-state index < -0.39 is 0 Å². The number of likely N-dealkylation sites (tertiary alicyclic amines) is 1. The lowest BCUT2D eigenvalue weighted by atomic mass is 9.79. The zero-order chi connectivity index (χ0) is 13.5. The van der Waals surface area contributed by atoms with Gasteiger partial charge in [0, 0.05) is 19.3 Å². The van der Waals surface area contributed by atoms with Crippen LogP contribution in [0.1, 0.15) is 51.9 Å². The minimum Gasteiger partial charge on any atom is -0.462 e. The average molecular weight is 266 g/mol. The maximum atomic E-state index is 11.4. The van der Waals surface area contributed by atoms with Crippen molar-refractivity contribution in [2.24, 2.45) is 11.8 Å². The van der Waals surface area contributed by atoms with Crippen LogP contribution in [0.25, 0.3) is 0 Å².